The molecule has 0 saturated carbocycles. The SMILES string of the molecule is CCNCC(C)(O)COCC(F)F. The lowest BCUT2D eigenvalue weighted by Crippen LogP contribution is -2.42. The van der Waals surface area contributed by atoms with Gasteiger partial charge in [-0.05, 0) is 13.5 Å². The van der Waals surface area contributed by atoms with Crippen LogP contribution >= 0.6 is 0 Å². The quantitative estimate of drug-likeness (QED) is 0.629. The Hall–Kier alpha value is -0.260. The number of likely N-dealkylation sites (N-methyl/N-ethyl adjacent to an activating group) is 1. The molecule has 0 fully saturated rings. The molecule has 0 aromatic rings. The van der Waals surface area contributed by atoms with Crippen molar-refractivity contribution in [2.45, 2.75) is 25.9 Å². The lowest BCUT2D eigenvalue weighted by molar-refractivity contribution is -0.0611. The molecule has 80 valence electrons. The van der Waals surface area contributed by atoms with E-state index in [-0.39, 0.29) is 6.61 Å². The lowest BCUT2D eigenvalue weighted by Gasteiger charge is -2.23. The monoisotopic (exact) mass is 197 g/mol. The van der Waals surface area contributed by atoms with Gasteiger partial charge in [0.05, 0.1) is 12.2 Å². The van der Waals surface area contributed by atoms with Crippen molar-refractivity contribution in [1.29, 1.82) is 0 Å². The average Bonchev–Trinajstić information content (AvgIpc) is 2.00. The summed E-state index contributed by atoms with van der Waals surface area (Å²) in [5, 5.41) is 12.4. The van der Waals surface area contributed by atoms with Crippen LogP contribution in [0.4, 0.5) is 8.78 Å². The Morgan fingerprint density at radius 3 is 2.62 bits per heavy atom. The smallest absolute Gasteiger partial charge is 0.261 e. The molecule has 0 amide bonds. The number of nitrogens with one attached hydrogen (secondary N) is 1. The van der Waals surface area contributed by atoms with Crippen LogP contribution in [0, 0.1) is 0 Å². The van der Waals surface area contributed by atoms with Crippen molar-refractivity contribution in [1.82, 2.24) is 5.32 Å². The van der Waals surface area contributed by atoms with Gasteiger partial charge in [0.1, 0.15) is 6.61 Å². The fourth-order valence-corrected chi connectivity index (χ4v) is 0.813. The highest BCUT2D eigenvalue weighted by Gasteiger charge is 2.20. The van der Waals surface area contributed by atoms with Crippen LogP contribution in [0.3, 0.4) is 0 Å². The zero-order chi connectivity index (χ0) is 10.3. The molecular formula is C8H17F2NO2. The first-order valence-electron chi connectivity index (χ1n) is 4.27. The van der Waals surface area contributed by atoms with E-state index in [4.69, 9.17) is 0 Å². The fourth-order valence-electron chi connectivity index (χ4n) is 0.813. The first kappa shape index (κ1) is 12.7. The molecule has 0 rings (SSSR count). The standard InChI is InChI=1S/C8H17F2NO2/c1-3-11-5-8(2,12)6-13-4-7(9)10/h7,11-12H,3-6H2,1-2H3. The first-order valence-corrected chi connectivity index (χ1v) is 4.27. The first-order chi connectivity index (χ1) is 5.98. The molecule has 0 radical (unpaired) electrons. The molecule has 0 aliphatic rings. The molecule has 5 heteroatoms. The molecule has 0 saturated heterocycles. The largest absolute Gasteiger partial charge is 0.386 e. The second kappa shape index (κ2) is 6.23. The van der Waals surface area contributed by atoms with Gasteiger partial charge in [-0.2, -0.15) is 0 Å². The number of alkyl halides is 2. The normalized spacial score (nSPS) is 16.2. The maximum absolute atomic E-state index is 11.6. The summed E-state index contributed by atoms with van der Waals surface area (Å²) >= 11 is 0. The summed E-state index contributed by atoms with van der Waals surface area (Å²) in [5.74, 6) is 0. The van der Waals surface area contributed by atoms with Gasteiger partial charge in [-0.15, -0.1) is 0 Å². The lowest BCUT2D eigenvalue weighted by atomic mass is 10.1. The van der Waals surface area contributed by atoms with Gasteiger partial charge < -0.3 is 15.2 Å². The van der Waals surface area contributed by atoms with Crippen LogP contribution in [0.1, 0.15) is 13.8 Å². The van der Waals surface area contributed by atoms with E-state index in [2.05, 4.69) is 10.1 Å². The third-order valence-corrected chi connectivity index (χ3v) is 1.41. The molecular weight excluding hydrogens is 180 g/mol. The summed E-state index contributed by atoms with van der Waals surface area (Å²) in [4.78, 5) is 0. The second-order valence-corrected chi connectivity index (χ2v) is 3.18. The molecule has 1 unspecified atom stereocenters. The number of ether oxygens (including phenoxy) is 1. The summed E-state index contributed by atoms with van der Waals surface area (Å²) in [7, 11) is 0. The van der Waals surface area contributed by atoms with Gasteiger partial charge in [-0.3, -0.25) is 0 Å². The Morgan fingerprint density at radius 2 is 2.15 bits per heavy atom. The maximum Gasteiger partial charge on any atom is 0.261 e. The molecule has 0 aliphatic carbocycles. The van der Waals surface area contributed by atoms with Crippen LogP contribution in [0.25, 0.3) is 0 Å². The Labute approximate surface area is 77.1 Å². The van der Waals surface area contributed by atoms with Crippen LogP contribution in [0.2, 0.25) is 0 Å². The molecule has 3 nitrogen and oxygen atoms in total. The summed E-state index contributed by atoms with van der Waals surface area (Å²) in [6, 6.07) is 0. The minimum atomic E-state index is -2.48. The molecule has 0 aliphatic heterocycles. The minimum absolute atomic E-state index is 0.0790. The number of hydrogen-bond acceptors (Lipinski definition) is 3. The van der Waals surface area contributed by atoms with Gasteiger partial charge in [0.15, 0.2) is 0 Å². The summed E-state index contributed by atoms with van der Waals surface area (Å²) in [5.41, 5.74) is -1.08. The molecule has 0 heterocycles. The third-order valence-electron chi connectivity index (χ3n) is 1.41. The van der Waals surface area contributed by atoms with E-state index >= 15 is 0 Å². The van der Waals surface area contributed by atoms with Crippen molar-refractivity contribution in [3.8, 4) is 0 Å². The van der Waals surface area contributed by atoms with E-state index in [1.54, 1.807) is 6.92 Å². The molecule has 13 heavy (non-hydrogen) atoms. The third kappa shape index (κ3) is 8.08. The van der Waals surface area contributed by atoms with E-state index in [1.165, 1.54) is 0 Å². The molecule has 0 aromatic heterocycles. The van der Waals surface area contributed by atoms with Gasteiger partial charge in [0.25, 0.3) is 6.43 Å². The summed E-state index contributed by atoms with van der Waals surface area (Å²) in [6.07, 6.45) is -2.48. The fraction of sp³-hybridized carbons (Fsp3) is 1.00. The Kier molecular flexibility index (Phi) is 6.11. The van der Waals surface area contributed by atoms with Gasteiger partial charge in [0.2, 0.25) is 0 Å². The van der Waals surface area contributed by atoms with Crippen molar-refractivity contribution in [3.05, 3.63) is 0 Å². The second-order valence-electron chi connectivity index (χ2n) is 3.18. The van der Waals surface area contributed by atoms with Crippen molar-refractivity contribution in [3.63, 3.8) is 0 Å². The topological polar surface area (TPSA) is 41.5 Å². The van der Waals surface area contributed by atoms with Crippen molar-refractivity contribution < 1.29 is 18.6 Å². The number of rotatable bonds is 7. The minimum Gasteiger partial charge on any atom is -0.386 e. The van der Waals surface area contributed by atoms with Crippen molar-refractivity contribution >= 4 is 0 Å². The molecule has 0 spiro atoms. The summed E-state index contributed by atoms with van der Waals surface area (Å²) < 4.78 is 27.9. The van der Waals surface area contributed by atoms with Crippen molar-refractivity contribution in [2.75, 3.05) is 26.3 Å². The highest BCUT2D eigenvalue weighted by Crippen LogP contribution is 2.03. The Bertz CT molecular complexity index is 131. The number of hydrogen-bond donors (Lipinski definition) is 2. The highest BCUT2D eigenvalue weighted by molar-refractivity contribution is 4.74. The molecule has 0 aromatic carbocycles. The van der Waals surface area contributed by atoms with Crippen molar-refractivity contribution in [2.24, 2.45) is 0 Å². The zero-order valence-corrected chi connectivity index (χ0v) is 8.02. The Morgan fingerprint density at radius 1 is 1.54 bits per heavy atom. The summed E-state index contributed by atoms with van der Waals surface area (Å²) in [6.45, 7) is 3.81. The Balaban J connectivity index is 3.50. The van der Waals surface area contributed by atoms with Gasteiger partial charge in [0, 0.05) is 6.54 Å². The predicted octanol–water partition coefficient (Wildman–Crippen LogP) is 0.629. The number of halogens is 2. The van der Waals surface area contributed by atoms with Gasteiger partial charge in [-0.25, -0.2) is 8.78 Å². The van der Waals surface area contributed by atoms with E-state index < -0.39 is 18.6 Å². The maximum atomic E-state index is 11.6. The molecule has 0 bridgehead atoms. The van der Waals surface area contributed by atoms with E-state index in [0.29, 0.717) is 6.54 Å². The molecule has 1 atom stereocenters. The van der Waals surface area contributed by atoms with Gasteiger partial charge >= 0.3 is 0 Å². The molecule has 2 N–H and O–H groups in total. The van der Waals surface area contributed by atoms with E-state index in [1.807, 2.05) is 6.92 Å². The number of aliphatic hydroxyl groups is 1. The predicted molar refractivity (Wildman–Crippen MR) is 46.0 cm³/mol. The highest BCUT2D eigenvalue weighted by atomic mass is 19.3. The van der Waals surface area contributed by atoms with Crippen LogP contribution in [-0.2, 0) is 4.74 Å². The van der Waals surface area contributed by atoms with Crippen LogP contribution < -0.4 is 5.32 Å². The van der Waals surface area contributed by atoms with E-state index in [9.17, 15) is 13.9 Å². The van der Waals surface area contributed by atoms with Crippen LogP contribution in [0.5, 0.6) is 0 Å². The van der Waals surface area contributed by atoms with Crippen LogP contribution in [0.15, 0.2) is 0 Å². The average molecular weight is 197 g/mol. The zero-order valence-electron chi connectivity index (χ0n) is 8.02. The van der Waals surface area contributed by atoms with E-state index in [0.717, 1.165) is 6.54 Å². The van der Waals surface area contributed by atoms with Gasteiger partial charge in [-0.1, -0.05) is 6.92 Å². The van der Waals surface area contributed by atoms with Crippen LogP contribution in [-0.4, -0.2) is 43.4 Å².